The summed E-state index contributed by atoms with van der Waals surface area (Å²) in [6.07, 6.45) is 3.85. The van der Waals surface area contributed by atoms with Gasteiger partial charge in [0.1, 0.15) is 0 Å². The second-order valence-electron chi connectivity index (χ2n) is 2.81. The molecule has 0 saturated carbocycles. The number of benzene rings is 1. The molecule has 0 atom stereocenters. The number of rotatable bonds is 0. The van der Waals surface area contributed by atoms with Crippen LogP contribution in [0.4, 0.5) is 0 Å². The molecule has 54 valence electrons. The first-order chi connectivity index (χ1) is 4.86. The van der Waals surface area contributed by atoms with Crippen LogP contribution >= 0.6 is 12.6 Å². The van der Waals surface area contributed by atoms with Gasteiger partial charge in [-0.3, -0.25) is 0 Å². The van der Waals surface area contributed by atoms with Gasteiger partial charge in [0.15, 0.2) is 0 Å². The third-order valence-electron chi connectivity index (χ3n) is 2.08. The maximum absolute atomic E-state index is 4.28. The van der Waals surface area contributed by atoms with Crippen molar-refractivity contribution in [3.8, 4) is 0 Å². The number of aryl methyl sites for hydroxylation is 2. The fourth-order valence-electron chi connectivity index (χ4n) is 1.56. The Labute approximate surface area is 68.2 Å². The number of thiol groups is 1. The summed E-state index contributed by atoms with van der Waals surface area (Å²) in [4.78, 5) is 1.10. The summed E-state index contributed by atoms with van der Waals surface area (Å²) in [5.41, 5.74) is 3.03. The van der Waals surface area contributed by atoms with E-state index >= 15 is 0 Å². The maximum Gasteiger partial charge on any atom is 0.00429 e. The lowest BCUT2D eigenvalue weighted by Crippen LogP contribution is -1.79. The highest BCUT2D eigenvalue weighted by Gasteiger charge is 2.08. The highest BCUT2D eigenvalue weighted by molar-refractivity contribution is 7.80. The molecule has 0 amide bonds. The van der Waals surface area contributed by atoms with Crippen LogP contribution in [0.2, 0.25) is 0 Å². The van der Waals surface area contributed by atoms with Crippen LogP contribution in [0.1, 0.15) is 19.0 Å². The summed E-state index contributed by atoms with van der Waals surface area (Å²) in [6, 6.07) is 6.46. The topological polar surface area (TPSA) is 0 Å². The summed E-state index contributed by atoms with van der Waals surface area (Å²) in [7, 11) is 0. The molecule has 2 rings (SSSR count). The summed E-state index contributed by atoms with van der Waals surface area (Å²) in [6.45, 7) is 0. The lowest BCUT2D eigenvalue weighted by molar-refractivity contribution is 0.911. The molecule has 0 nitrogen and oxygen atoms in total. The third kappa shape index (κ3) is 0.948. The zero-order chi connectivity index (χ0) is 6.97. The SMILES string of the molecule is Sc1ccc2c(c1)CCC2.[HH]. The third-order valence-corrected chi connectivity index (χ3v) is 2.36. The van der Waals surface area contributed by atoms with E-state index in [0.29, 0.717) is 0 Å². The average Bonchev–Trinajstić information content (AvgIpc) is 2.33. The molecule has 1 aromatic rings. The van der Waals surface area contributed by atoms with Crippen molar-refractivity contribution < 1.29 is 1.43 Å². The molecule has 1 aliphatic rings. The lowest BCUT2D eigenvalue weighted by Gasteiger charge is -1.97. The molecule has 0 bridgehead atoms. The minimum Gasteiger partial charge on any atom is -0.143 e. The lowest BCUT2D eigenvalue weighted by atomic mass is 10.1. The van der Waals surface area contributed by atoms with Gasteiger partial charge in [-0.1, -0.05) is 6.07 Å². The van der Waals surface area contributed by atoms with E-state index in [9.17, 15) is 0 Å². The van der Waals surface area contributed by atoms with Crippen LogP contribution in [0.25, 0.3) is 0 Å². The molecule has 1 aromatic carbocycles. The van der Waals surface area contributed by atoms with E-state index in [-0.39, 0.29) is 1.43 Å². The molecule has 0 unspecified atom stereocenters. The predicted octanol–water partition coefficient (Wildman–Crippen LogP) is 2.71. The van der Waals surface area contributed by atoms with Gasteiger partial charge in [0.25, 0.3) is 0 Å². The quantitative estimate of drug-likeness (QED) is 0.543. The van der Waals surface area contributed by atoms with E-state index in [1.165, 1.54) is 30.4 Å². The molecule has 0 spiro atoms. The Morgan fingerprint density at radius 3 is 2.90 bits per heavy atom. The van der Waals surface area contributed by atoms with E-state index in [1.54, 1.807) is 0 Å². The predicted molar refractivity (Wildman–Crippen MR) is 47.8 cm³/mol. The molecular weight excluding hydrogens is 140 g/mol. The first-order valence-corrected chi connectivity index (χ1v) is 4.12. The Hall–Kier alpha value is -0.430. The van der Waals surface area contributed by atoms with Crippen molar-refractivity contribution in [2.45, 2.75) is 24.2 Å². The highest BCUT2D eigenvalue weighted by Crippen LogP contribution is 2.23. The zero-order valence-electron chi connectivity index (χ0n) is 5.80. The maximum atomic E-state index is 4.28. The summed E-state index contributed by atoms with van der Waals surface area (Å²) in [5.74, 6) is 0. The first-order valence-electron chi connectivity index (χ1n) is 3.67. The second-order valence-corrected chi connectivity index (χ2v) is 3.32. The minimum absolute atomic E-state index is 0. The Balaban J connectivity index is 0.000000605. The second kappa shape index (κ2) is 2.31. The van der Waals surface area contributed by atoms with Crippen molar-refractivity contribution in [2.24, 2.45) is 0 Å². The molecule has 10 heavy (non-hydrogen) atoms. The largest absolute Gasteiger partial charge is 0.143 e. The van der Waals surface area contributed by atoms with E-state index in [4.69, 9.17) is 0 Å². The molecule has 0 saturated heterocycles. The van der Waals surface area contributed by atoms with Crippen LogP contribution in [0.3, 0.4) is 0 Å². The molecule has 0 heterocycles. The normalized spacial score (nSPS) is 15.3. The van der Waals surface area contributed by atoms with Gasteiger partial charge in [-0.15, -0.1) is 12.6 Å². The fourth-order valence-corrected chi connectivity index (χ4v) is 1.79. The smallest absolute Gasteiger partial charge is 0.00429 e. The molecule has 0 aromatic heterocycles. The van der Waals surface area contributed by atoms with E-state index < -0.39 is 0 Å². The summed E-state index contributed by atoms with van der Waals surface area (Å²) >= 11 is 4.28. The van der Waals surface area contributed by atoms with Crippen molar-refractivity contribution in [3.63, 3.8) is 0 Å². The average molecular weight is 152 g/mol. The van der Waals surface area contributed by atoms with E-state index in [2.05, 4.69) is 30.8 Å². The van der Waals surface area contributed by atoms with Crippen molar-refractivity contribution in [2.75, 3.05) is 0 Å². The van der Waals surface area contributed by atoms with Gasteiger partial charge >= 0.3 is 0 Å². The highest BCUT2D eigenvalue weighted by atomic mass is 32.1. The van der Waals surface area contributed by atoms with Gasteiger partial charge < -0.3 is 0 Å². The monoisotopic (exact) mass is 152 g/mol. The molecular formula is C9H12S. The van der Waals surface area contributed by atoms with Crippen LogP contribution in [0.15, 0.2) is 23.1 Å². The molecule has 1 heteroatoms. The van der Waals surface area contributed by atoms with E-state index in [1.807, 2.05) is 0 Å². The Bertz CT molecular complexity index is 258. The van der Waals surface area contributed by atoms with Gasteiger partial charge in [-0.25, -0.2) is 0 Å². The van der Waals surface area contributed by atoms with Crippen LogP contribution in [0.5, 0.6) is 0 Å². The first kappa shape index (κ1) is 6.29. The number of hydrogen-bond donors (Lipinski definition) is 1. The Morgan fingerprint density at radius 1 is 1.20 bits per heavy atom. The number of hydrogen-bond acceptors (Lipinski definition) is 1. The molecule has 0 aliphatic heterocycles. The van der Waals surface area contributed by atoms with Crippen LogP contribution in [-0.2, 0) is 12.8 Å². The Kier molecular flexibility index (Phi) is 1.46. The summed E-state index contributed by atoms with van der Waals surface area (Å²) < 4.78 is 0. The standard InChI is InChI=1S/C9H10S.H2/c10-9-5-4-7-2-1-3-8(7)6-9;/h4-6,10H,1-3H2;1H. The fraction of sp³-hybridized carbons (Fsp3) is 0.333. The summed E-state index contributed by atoms with van der Waals surface area (Å²) in [5, 5.41) is 0. The number of fused-ring (bicyclic) bond motifs is 1. The molecule has 1 aliphatic carbocycles. The van der Waals surface area contributed by atoms with Gasteiger partial charge in [0, 0.05) is 6.32 Å². The Morgan fingerprint density at radius 2 is 2.00 bits per heavy atom. The van der Waals surface area contributed by atoms with Crippen molar-refractivity contribution in [1.29, 1.82) is 0 Å². The molecule has 0 radical (unpaired) electrons. The van der Waals surface area contributed by atoms with Gasteiger partial charge in [-0.2, -0.15) is 0 Å². The molecule has 0 fully saturated rings. The van der Waals surface area contributed by atoms with Crippen LogP contribution < -0.4 is 0 Å². The molecule has 0 N–H and O–H groups in total. The van der Waals surface area contributed by atoms with Crippen molar-refractivity contribution in [3.05, 3.63) is 29.3 Å². The van der Waals surface area contributed by atoms with Gasteiger partial charge in [0.05, 0.1) is 0 Å². The van der Waals surface area contributed by atoms with Crippen LogP contribution in [0, 0.1) is 0 Å². The van der Waals surface area contributed by atoms with Gasteiger partial charge in [0.2, 0.25) is 0 Å². The van der Waals surface area contributed by atoms with E-state index in [0.717, 1.165) is 4.90 Å². The van der Waals surface area contributed by atoms with Crippen LogP contribution in [-0.4, -0.2) is 0 Å². The van der Waals surface area contributed by atoms with Crippen molar-refractivity contribution in [1.82, 2.24) is 0 Å². The zero-order valence-corrected chi connectivity index (χ0v) is 6.70. The van der Waals surface area contributed by atoms with Gasteiger partial charge in [-0.05, 0) is 42.5 Å². The minimum atomic E-state index is 0. The van der Waals surface area contributed by atoms with Crippen molar-refractivity contribution >= 4 is 12.6 Å².